The molecule has 1 amide bonds. The standard InChI is InChI=1S/C15H21N5O2S/c1-11(15(21)16-8-12-4-3-7-23-12)20-5-6-22-13(9-20)14-18-17-10-19(14)2/h3-4,7,10-11,13H,5-6,8-9H2,1-2H3,(H,16,21)/t11-,13+/m0/s1. The van der Waals surface area contributed by atoms with Crippen LogP contribution in [0.25, 0.3) is 0 Å². The largest absolute Gasteiger partial charge is 0.368 e. The predicted octanol–water partition coefficient (Wildman–Crippen LogP) is 0.955. The van der Waals surface area contributed by atoms with E-state index in [1.807, 2.05) is 36.1 Å². The molecule has 3 rings (SSSR count). The van der Waals surface area contributed by atoms with E-state index in [1.54, 1.807) is 17.7 Å². The lowest BCUT2D eigenvalue weighted by atomic mass is 10.2. The summed E-state index contributed by atoms with van der Waals surface area (Å²) in [6.45, 7) is 4.48. The molecule has 23 heavy (non-hydrogen) atoms. The fourth-order valence-electron chi connectivity index (χ4n) is 2.66. The fourth-order valence-corrected chi connectivity index (χ4v) is 3.31. The van der Waals surface area contributed by atoms with Crippen LogP contribution in [0.15, 0.2) is 23.8 Å². The first-order chi connectivity index (χ1) is 11.1. The van der Waals surface area contributed by atoms with Crippen LogP contribution in [0.4, 0.5) is 0 Å². The van der Waals surface area contributed by atoms with Gasteiger partial charge in [-0.1, -0.05) is 6.07 Å². The Balaban J connectivity index is 1.57. The van der Waals surface area contributed by atoms with Gasteiger partial charge in [-0.2, -0.15) is 0 Å². The average Bonchev–Trinajstić information content (AvgIpc) is 3.23. The number of hydrogen-bond donors (Lipinski definition) is 1. The van der Waals surface area contributed by atoms with Crippen LogP contribution in [0, 0.1) is 0 Å². The zero-order valence-electron chi connectivity index (χ0n) is 13.3. The van der Waals surface area contributed by atoms with E-state index in [0.29, 0.717) is 19.7 Å². The van der Waals surface area contributed by atoms with Crippen molar-refractivity contribution in [1.29, 1.82) is 0 Å². The minimum Gasteiger partial charge on any atom is -0.368 e. The number of carbonyl (C=O) groups is 1. The molecule has 8 heteroatoms. The minimum absolute atomic E-state index is 0.0389. The van der Waals surface area contributed by atoms with Gasteiger partial charge in [0.15, 0.2) is 5.82 Å². The van der Waals surface area contributed by atoms with Gasteiger partial charge >= 0.3 is 0 Å². The molecule has 2 atom stereocenters. The summed E-state index contributed by atoms with van der Waals surface area (Å²) in [5.74, 6) is 0.831. The summed E-state index contributed by atoms with van der Waals surface area (Å²) in [5, 5.41) is 13.0. The Morgan fingerprint density at radius 2 is 2.48 bits per heavy atom. The van der Waals surface area contributed by atoms with E-state index in [9.17, 15) is 4.79 Å². The molecule has 3 heterocycles. The van der Waals surface area contributed by atoms with Crippen molar-refractivity contribution >= 4 is 17.2 Å². The minimum atomic E-state index is -0.199. The van der Waals surface area contributed by atoms with Crippen molar-refractivity contribution in [1.82, 2.24) is 25.0 Å². The lowest BCUT2D eigenvalue weighted by molar-refractivity contribution is -0.129. The third-order valence-corrected chi connectivity index (χ3v) is 4.95. The highest BCUT2D eigenvalue weighted by molar-refractivity contribution is 7.09. The van der Waals surface area contributed by atoms with Crippen molar-refractivity contribution in [2.45, 2.75) is 25.6 Å². The molecule has 1 N–H and O–H groups in total. The Labute approximate surface area is 139 Å². The van der Waals surface area contributed by atoms with Crippen LogP contribution in [-0.2, 0) is 23.1 Å². The van der Waals surface area contributed by atoms with Gasteiger partial charge in [0.25, 0.3) is 0 Å². The van der Waals surface area contributed by atoms with Crippen LogP contribution < -0.4 is 5.32 Å². The molecule has 1 aliphatic heterocycles. The first kappa shape index (κ1) is 16.1. The van der Waals surface area contributed by atoms with E-state index in [4.69, 9.17) is 4.74 Å². The molecule has 7 nitrogen and oxygen atoms in total. The molecule has 1 aliphatic rings. The second kappa shape index (κ2) is 7.20. The number of hydrogen-bond acceptors (Lipinski definition) is 6. The molecule has 0 saturated carbocycles. The van der Waals surface area contributed by atoms with Crippen LogP contribution >= 0.6 is 11.3 Å². The summed E-state index contributed by atoms with van der Waals surface area (Å²) in [6.07, 6.45) is 1.51. The lowest BCUT2D eigenvalue weighted by Crippen LogP contribution is -2.50. The molecule has 0 unspecified atom stereocenters. The number of carbonyl (C=O) groups excluding carboxylic acids is 1. The summed E-state index contributed by atoms with van der Waals surface area (Å²) in [5.41, 5.74) is 0. The zero-order valence-corrected chi connectivity index (χ0v) is 14.1. The Morgan fingerprint density at radius 1 is 1.61 bits per heavy atom. The van der Waals surface area contributed by atoms with Crippen LogP contribution in [0.1, 0.15) is 23.7 Å². The molecular weight excluding hydrogens is 314 g/mol. The molecule has 0 aromatic carbocycles. The smallest absolute Gasteiger partial charge is 0.237 e. The van der Waals surface area contributed by atoms with Gasteiger partial charge in [-0.25, -0.2) is 0 Å². The van der Waals surface area contributed by atoms with E-state index in [-0.39, 0.29) is 18.1 Å². The molecule has 0 bridgehead atoms. The van der Waals surface area contributed by atoms with Crippen molar-refractivity contribution < 1.29 is 9.53 Å². The van der Waals surface area contributed by atoms with Gasteiger partial charge in [-0.3, -0.25) is 9.69 Å². The Hall–Kier alpha value is -1.77. The quantitative estimate of drug-likeness (QED) is 0.881. The number of rotatable bonds is 5. The summed E-state index contributed by atoms with van der Waals surface area (Å²) >= 11 is 1.65. The van der Waals surface area contributed by atoms with Crippen LogP contribution in [-0.4, -0.2) is 51.3 Å². The fraction of sp³-hybridized carbons (Fsp3) is 0.533. The van der Waals surface area contributed by atoms with Crippen LogP contribution in [0.5, 0.6) is 0 Å². The number of aryl methyl sites for hydroxylation is 1. The highest BCUT2D eigenvalue weighted by atomic mass is 32.1. The van der Waals surface area contributed by atoms with Crippen molar-refractivity contribution in [2.24, 2.45) is 7.05 Å². The van der Waals surface area contributed by atoms with E-state index in [2.05, 4.69) is 20.4 Å². The normalized spacial score (nSPS) is 20.3. The molecule has 1 fully saturated rings. The number of nitrogens with one attached hydrogen (secondary N) is 1. The molecule has 2 aromatic rings. The summed E-state index contributed by atoms with van der Waals surface area (Å²) in [4.78, 5) is 15.7. The lowest BCUT2D eigenvalue weighted by Gasteiger charge is -2.35. The van der Waals surface area contributed by atoms with Gasteiger partial charge in [-0.15, -0.1) is 21.5 Å². The molecule has 0 radical (unpaired) electrons. The van der Waals surface area contributed by atoms with E-state index >= 15 is 0 Å². The Kier molecular flexibility index (Phi) is 5.04. The second-order valence-corrected chi connectivity index (χ2v) is 6.66. The highest BCUT2D eigenvalue weighted by Gasteiger charge is 2.30. The van der Waals surface area contributed by atoms with Crippen molar-refractivity contribution in [3.63, 3.8) is 0 Å². The van der Waals surface area contributed by atoms with E-state index in [0.717, 1.165) is 17.2 Å². The summed E-state index contributed by atoms with van der Waals surface area (Å²) in [7, 11) is 1.90. The van der Waals surface area contributed by atoms with Gasteiger partial charge in [0.05, 0.1) is 19.2 Å². The number of thiophene rings is 1. The monoisotopic (exact) mass is 335 g/mol. The summed E-state index contributed by atoms with van der Waals surface area (Å²) < 4.78 is 7.64. The Morgan fingerprint density at radius 3 is 3.17 bits per heavy atom. The average molecular weight is 335 g/mol. The number of nitrogens with zero attached hydrogens (tertiary/aromatic N) is 4. The molecule has 0 aliphatic carbocycles. The number of ether oxygens (including phenoxy) is 1. The maximum Gasteiger partial charge on any atom is 0.237 e. The summed E-state index contributed by atoms with van der Waals surface area (Å²) in [6, 6.07) is 3.81. The first-order valence-corrected chi connectivity index (χ1v) is 8.52. The number of amides is 1. The van der Waals surface area contributed by atoms with E-state index < -0.39 is 0 Å². The zero-order chi connectivity index (χ0) is 16.2. The van der Waals surface area contributed by atoms with Gasteiger partial charge in [0, 0.05) is 25.0 Å². The third-order valence-electron chi connectivity index (χ3n) is 4.08. The molecule has 0 spiro atoms. The van der Waals surface area contributed by atoms with Crippen LogP contribution in [0.3, 0.4) is 0 Å². The Bertz CT molecular complexity index is 642. The van der Waals surface area contributed by atoms with Crippen molar-refractivity contribution in [2.75, 3.05) is 19.7 Å². The van der Waals surface area contributed by atoms with Gasteiger partial charge in [0.2, 0.25) is 5.91 Å². The third kappa shape index (κ3) is 3.77. The number of aromatic nitrogens is 3. The van der Waals surface area contributed by atoms with Gasteiger partial charge in [0.1, 0.15) is 12.4 Å². The van der Waals surface area contributed by atoms with E-state index in [1.165, 1.54) is 0 Å². The molecule has 1 saturated heterocycles. The van der Waals surface area contributed by atoms with Crippen molar-refractivity contribution in [3.8, 4) is 0 Å². The molecular formula is C15H21N5O2S. The highest BCUT2D eigenvalue weighted by Crippen LogP contribution is 2.21. The second-order valence-electron chi connectivity index (χ2n) is 5.63. The molecule has 2 aromatic heterocycles. The SMILES string of the molecule is C[C@@H](C(=O)NCc1cccs1)N1CCO[C@@H](c2nncn2C)C1. The first-order valence-electron chi connectivity index (χ1n) is 7.65. The van der Waals surface area contributed by atoms with Crippen molar-refractivity contribution in [3.05, 3.63) is 34.5 Å². The van der Waals surface area contributed by atoms with Gasteiger partial charge in [-0.05, 0) is 18.4 Å². The maximum absolute atomic E-state index is 12.4. The van der Waals surface area contributed by atoms with Crippen LogP contribution in [0.2, 0.25) is 0 Å². The number of morpholine rings is 1. The molecule has 124 valence electrons. The predicted molar refractivity (Wildman–Crippen MR) is 86.9 cm³/mol. The topological polar surface area (TPSA) is 72.3 Å². The maximum atomic E-state index is 12.4. The van der Waals surface area contributed by atoms with Gasteiger partial charge < -0.3 is 14.6 Å².